The van der Waals surface area contributed by atoms with Gasteiger partial charge in [0.2, 0.25) is 0 Å². The van der Waals surface area contributed by atoms with Crippen LogP contribution >= 0.6 is 11.3 Å². The smallest absolute Gasteiger partial charge is 0.231 e. The van der Waals surface area contributed by atoms with Crippen LogP contribution in [0.3, 0.4) is 0 Å². The van der Waals surface area contributed by atoms with Crippen LogP contribution in [0.1, 0.15) is 12.1 Å². The Morgan fingerprint density at radius 2 is 1.82 bits per heavy atom. The summed E-state index contributed by atoms with van der Waals surface area (Å²) in [7, 11) is -3.40. The van der Waals surface area contributed by atoms with Gasteiger partial charge in [-0.2, -0.15) is 5.10 Å². The minimum Gasteiger partial charge on any atom is -0.231 e. The molecule has 0 fully saturated rings. The summed E-state index contributed by atoms with van der Waals surface area (Å²) in [6.07, 6.45) is -1.73. The van der Waals surface area contributed by atoms with Crippen LogP contribution in [0.15, 0.2) is 53.4 Å². The Kier molecular flexibility index (Phi) is 4.47. The molecule has 0 bridgehead atoms. The number of hydrogen-bond donors (Lipinski definition) is 0. The average molecular weight is 423 g/mol. The van der Waals surface area contributed by atoms with Crippen molar-refractivity contribution in [3.8, 4) is 16.4 Å². The monoisotopic (exact) mass is 423 g/mol. The van der Waals surface area contributed by atoms with Crippen molar-refractivity contribution in [1.82, 2.24) is 14.8 Å². The van der Waals surface area contributed by atoms with E-state index in [1.54, 1.807) is 12.1 Å². The molecule has 0 saturated carbocycles. The number of halogens is 3. The normalized spacial score (nSPS) is 12.2. The molecule has 0 aliphatic carbocycles. The highest BCUT2D eigenvalue weighted by Gasteiger charge is 2.21. The maximum Gasteiger partial charge on any atom is 0.282 e. The molecule has 4 aromatic rings. The molecule has 10 heteroatoms. The second kappa shape index (κ2) is 6.71. The molecule has 144 valence electrons. The predicted octanol–water partition coefficient (Wildman–Crippen LogP) is 4.63. The number of hydrogen-bond acceptors (Lipinski definition) is 5. The van der Waals surface area contributed by atoms with Crippen LogP contribution in [0.4, 0.5) is 13.2 Å². The standard InChI is InChI=1S/C18H12F3N3O2S2/c1-28(25,26)11-7-5-10(6-8-11)24-14(9-13(23-24)17(20)21)18-22-16-12(19)3-2-4-15(16)27-18/h2-9,17H,1H3. The lowest BCUT2D eigenvalue weighted by atomic mass is 10.3. The SMILES string of the molecule is CS(=O)(=O)c1ccc(-n2nc(C(F)F)cc2-c2nc3c(F)cccc3s2)cc1. The Balaban J connectivity index is 1.89. The van der Waals surface area contributed by atoms with Gasteiger partial charge in [-0.15, -0.1) is 11.3 Å². The van der Waals surface area contributed by atoms with Crippen molar-refractivity contribution < 1.29 is 21.6 Å². The van der Waals surface area contributed by atoms with Gasteiger partial charge in [-0.25, -0.2) is 31.3 Å². The number of alkyl halides is 2. The second-order valence-electron chi connectivity index (χ2n) is 6.04. The molecule has 0 aliphatic rings. The molecular weight excluding hydrogens is 411 g/mol. The van der Waals surface area contributed by atoms with Crippen LogP contribution in [0.25, 0.3) is 26.6 Å². The number of rotatable bonds is 4. The van der Waals surface area contributed by atoms with Gasteiger partial charge in [0, 0.05) is 6.26 Å². The summed E-state index contributed by atoms with van der Waals surface area (Å²) in [6.45, 7) is 0. The van der Waals surface area contributed by atoms with Gasteiger partial charge >= 0.3 is 0 Å². The number of sulfone groups is 1. The van der Waals surface area contributed by atoms with Gasteiger partial charge in [-0.3, -0.25) is 0 Å². The number of benzene rings is 2. The molecule has 2 aromatic heterocycles. The summed E-state index contributed by atoms with van der Waals surface area (Å²) in [5, 5.41) is 4.26. The van der Waals surface area contributed by atoms with Gasteiger partial charge in [0.05, 0.1) is 15.3 Å². The first kappa shape index (κ1) is 18.6. The fraction of sp³-hybridized carbons (Fsp3) is 0.111. The van der Waals surface area contributed by atoms with Crippen molar-refractivity contribution >= 4 is 31.4 Å². The van der Waals surface area contributed by atoms with Crippen LogP contribution in [-0.2, 0) is 9.84 Å². The Morgan fingerprint density at radius 1 is 1.11 bits per heavy atom. The highest BCUT2D eigenvalue weighted by molar-refractivity contribution is 7.90. The Bertz CT molecular complexity index is 1280. The summed E-state index contributed by atoms with van der Waals surface area (Å²) in [5.74, 6) is -0.502. The maximum atomic E-state index is 14.0. The number of para-hydroxylation sites is 1. The predicted molar refractivity (Wildman–Crippen MR) is 100 cm³/mol. The van der Waals surface area contributed by atoms with E-state index in [-0.39, 0.29) is 16.1 Å². The third kappa shape index (κ3) is 3.29. The van der Waals surface area contributed by atoms with Crippen molar-refractivity contribution in [1.29, 1.82) is 0 Å². The molecule has 0 saturated heterocycles. The fourth-order valence-electron chi connectivity index (χ4n) is 2.71. The van der Waals surface area contributed by atoms with Gasteiger partial charge in [0.25, 0.3) is 6.43 Å². The van der Waals surface area contributed by atoms with E-state index in [2.05, 4.69) is 10.1 Å². The lowest BCUT2D eigenvalue weighted by Gasteiger charge is -2.06. The quantitative estimate of drug-likeness (QED) is 0.480. The lowest BCUT2D eigenvalue weighted by Crippen LogP contribution is -2.02. The average Bonchev–Trinajstić information content (AvgIpc) is 3.26. The fourth-order valence-corrected chi connectivity index (χ4v) is 4.33. The van der Waals surface area contributed by atoms with Gasteiger partial charge in [0.15, 0.2) is 9.84 Å². The van der Waals surface area contributed by atoms with E-state index in [0.717, 1.165) is 17.6 Å². The third-order valence-corrected chi connectivity index (χ3v) is 6.22. The van der Waals surface area contributed by atoms with Gasteiger partial charge in [-0.1, -0.05) is 6.07 Å². The van der Waals surface area contributed by atoms with Crippen LogP contribution in [-0.4, -0.2) is 29.4 Å². The zero-order valence-electron chi connectivity index (χ0n) is 14.3. The molecule has 28 heavy (non-hydrogen) atoms. The Hall–Kier alpha value is -2.72. The van der Waals surface area contributed by atoms with Gasteiger partial charge in [0.1, 0.15) is 27.7 Å². The van der Waals surface area contributed by atoms with Gasteiger partial charge < -0.3 is 0 Å². The van der Waals surface area contributed by atoms with E-state index in [0.29, 0.717) is 15.4 Å². The molecule has 2 heterocycles. The minimum absolute atomic E-state index is 0.0982. The van der Waals surface area contributed by atoms with Crippen molar-refractivity contribution in [2.24, 2.45) is 0 Å². The lowest BCUT2D eigenvalue weighted by molar-refractivity contribution is 0.145. The Labute approximate surface area is 162 Å². The third-order valence-electron chi connectivity index (χ3n) is 4.05. The first-order valence-electron chi connectivity index (χ1n) is 7.98. The zero-order valence-corrected chi connectivity index (χ0v) is 15.9. The highest BCUT2D eigenvalue weighted by atomic mass is 32.2. The molecule has 0 aliphatic heterocycles. The van der Waals surface area contributed by atoms with Crippen molar-refractivity contribution in [3.05, 3.63) is 60.0 Å². The first-order valence-corrected chi connectivity index (χ1v) is 10.7. The van der Waals surface area contributed by atoms with E-state index < -0.39 is 27.8 Å². The number of aromatic nitrogens is 3. The summed E-state index contributed by atoms with van der Waals surface area (Å²) in [6, 6.07) is 11.4. The van der Waals surface area contributed by atoms with Crippen LogP contribution < -0.4 is 0 Å². The van der Waals surface area contributed by atoms with Crippen LogP contribution in [0, 0.1) is 5.82 Å². The molecule has 0 spiro atoms. The maximum absolute atomic E-state index is 14.0. The summed E-state index contributed by atoms with van der Waals surface area (Å²) in [5.41, 5.74) is 0.347. The molecule has 2 aromatic carbocycles. The van der Waals surface area contributed by atoms with Crippen molar-refractivity contribution in [3.63, 3.8) is 0 Å². The van der Waals surface area contributed by atoms with E-state index >= 15 is 0 Å². The van der Waals surface area contributed by atoms with E-state index in [9.17, 15) is 21.6 Å². The second-order valence-corrected chi connectivity index (χ2v) is 9.08. The van der Waals surface area contributed by atoms with Crippen molar-refractivity contribution in [2.75, 3.05) is 6.26 Å². The number of nitrogens with zero attached hydrogens (tertiary/aromatic N) is 3. The molecule has 0 unspecified atom stereocenters. The molecule has 0 atom stereocenters. The van der Waals surface area contributed by atoms with Crippen molar-refractivity contribution in [2.45, 2.75) is 11.3 Å². The number of thiazole rings is 1. The molecular formula is C18H12F3N3O2S2. The largest absolute Gasteiger partial charge is 0.282 e. The molecule has 0 N–H and O–H groups in total. The van der Waals surface area contributed by atoms with E-state index in [1.165, 1.54) is 41.1 Å². The molecule has 5 nitrogen and oxygen atoms in total. The first-order chi connectivity index (χ1) is 13.2. The van der Waals surface area contributed by atoms with E-state index in [4.69, 9.17) is 0 Å². The summed E-state index contributed by atoms with van der Waals surface area (Å²) in [4.78, 5) is 4.34. The molecule has 0 radical (unpaired) electrons. The van der Waals surface area contributed by atoms with E-state index in [1.807, 2.05) is 0 Å². The molecule has 0 amide bonds. The summed E-state index contributed by atoms with van der Waals surface area (Å²) < 4.78 is 65.6. The van der Waals surface area contributed by atoms with Crippen LogP contribution in [0.2, 0.25) is 0 Å². The van der Waals surface area contributed by atoms with Crippen LogP contribution in [0.5, 0.6) is 0 Å². The topological polar surface area (TPSA) is 64.8 Å². The summed E-state index contributed by atoms with van der Waals surface area (Å²) >= 11 is 1.15. The number of fused-ring (bicyclic) bond motifs is 1. The highest BCUT2D eigenvalue weighted by Crippen LogP contribution is 2.34. The minimum atomic E-state index is -3.40. The zero-order chi connectivity index (χ0) is 20.1. The van der Waals surface area contributed by atoms with Gasteiger partial charge in [-0.05, 0) is 42.5 Å². The Morgan fingerprint density at radius 3 is 2.43 bits per heavy atom. The molecule has 4 rings (SSSR count).